The Morgan fingerprint density at radius 3 is 3.05 bits per heavy atom. The maximum absolute atomic E-state index is 5.59. The van der Waals surface area contributed by atoms with Crippen LogP contribution in [0, 0.1) is 6.92 Å². The Kier molecular flexibility index (Phi) is 5.83. The van der Waals surface area contributed by atoms with Crippen LogP contribution in [0.4, 0.5) is 0 Å². The quantitative estimate of drug-likeness (QED) is 0.762. The van der Waals surface area contributed by atoms with Gasteiger partial charge in [0.15, 0.2) is 0 Å². The lowest BCUT2D eigenvalue weighted by Crippen LogP contribution is -2.33. The first-order chi connectivity index (χ1) is 9.24. The van der Waals surface area contributed by atoms with Gasteiger partial charge in [-0.3, -0.25) is 0 Å². The van der Waals surface area contributed by atoms with Crippen LogP contribution in [0.15, 0.2) is 24.3 Å². The Balaban J connectivity index is 1.60. The molecule has 106 valence electrons. The number of ether oxygens (including phenoxy) is 1. The van der Waals surface area contributed by atoms with Gasteiger partial charge in [-0.15, -0.1) is 0 Å². The third kappa shape index (κ3) is 5.31. The fourth-order valence-electron chi connectivity index (χ4n) is 2.54. The maximum atomic E-state index is 5.59. The summed E-state index contributed by atoms with van der Waals surface area (Å²) in [4.78, 5) is 2.36. The second-order valence-corrected chi connectivity index (χ2v) is 5.57. The van der Waals surface area contributed by atoms with Gasteiger partial charge >= 0.3 is 0 Å². The predicted octanol–water partition coefficient (Wildman–Crippen LogP) is 2.20. The summed E-state index contributed by atoms with van der Waals surface area (Å²) in [7, 11) is 2.18. The van der Waals surface area contributed by atoms with Gasteiger partial charge in [0.2, 0.25) is 0 Å². The van der Waals surface area contributed by atoms with E-state index in [4.69, 9.17) is 4.74 Å². The number of rotatable bonds is 7. The van der Waals surface area contributed by atoms with Gasteiger partial charge in [0, 0.05) is 32.8 Å². The van der Waals surface area contributed by atoms with Gasteiger partial charge in [0.05, 0.1) is 6.10 Å². The molecule has 0 spiro atoms. The van der Waals surface area contributed by atoms with Crippen molar-refractivity contribution in [2.45, 2.75) is 32.4 Å². The summed E-state index contributed by atoms with van der Waals surface area (Å²) in [6.07, 6.45) is 2.88. The average molecular weight is 262 g/mol. The molecule has 1 aliphatic rings. The highest BCUT2D eigenvalue weighted by Gasteiger charge is 2.14. The van der Waals surface area contributed by atoms with Crippen LogP contribution in [0.5, 0.6) is 0 Å². The zero-order chi connectivity index (χ0) is 13.5. The standard InChI is InChI=1S/C16H26N2O/c1-14-5-3-6-15(11-14)13-18(2)9-8-17-12-16-7-4-10-19-16/h3,5-6,11,16-17H,4,7-10,12-13H2,1-2H3. The molecule has 3 nitrogen and oxygen atoms in total. The van der Waals surface area contributed by atoms with Crippen LogP contribution in [0.2, 0.25) is 0 Å². The van der Waals surface area contributed by atoms with Crippen molar-refractivity contribution in [2.24, 2.45) is 0 Å². The summed E-state index contributed by atoms with van der Waals surface area (Å²) in [6.45, 7) is 7.21. The number of hydrogen-bond acceptors (Lipinski definition) is 3. The Hall–Kier alpha value is -0.900. The molecule has 1 unspecified atom stereocenters. The minimum Gasteiger partial charge on any atom is -0.377 e. The molecule has 0 radical (unpaired) electrons. The Bertz CT molecular complexity index is 375. The molecule has 1 fully saturated rings. The Morgan fingerprint density at radius 2 is 2.32 bits per heavy atom. The van der Waals surface area contributed by atoms with E-state index in [2.05, 4.69) is 48.5 Å². The smallest absolute Gasteiger partial charge is 0.0700 e. The molecule has 1 atom stereocenters. The average Bonchev–Trinajstić information content (AvgIpc) is 2.88. The van der Waals surface area contributed by atoms with Gasteiger partial charge in [0.1, 0.15) is 0 Å². The highest BCUT2D eigenvalue weighted by atomic mass is 16.5. The van der Waals surface area contributed by atoms with Crippen LogP contribution in [0.3, 0.4) is 0 Å². The van der Waals surface area contributed by atoms with Gasteiger partial charge in [-0.05, 0) is 32.4 Å². The van der Waals surface area contributed by atoms with E-state index in [9.17, 15) is 0 Å². The van der Waals surface area contributed by atoms with Crippen LogP contribution in [-0.4, -0.2) is 44.3 Å². The first-order valence-corrected chi connectivity index (χ1v) is 7.30. The lowest BCUT2D eigenvalue weighted by atomic mass is 10.1. The largest absolute Gasteiger partial charge is 0.377 e. The SMILES string of the molecule is Cc1cccc(CN(C)CCNCC2CCCO2)c1. The molecule has 1 heterocycles. The predicted molar refractivity (Wildman–Crippen MR) is 79.4 cm³/mol. The first kappa shape index (κ1) is 14.5. The zero-order valence-electron chi connectivity index (χ0n) is 12.2. The molecule has 0 aromatic heterocycles. The van der Waals surface area contributed by atoms with Crippen LogP contribution in [0.1, 0.15) is 24.0 Å². The highest BCUT2D eigenvalue weighted by molar-refractivity contribution is 5.21. The monoisotopic (exact) mass is 262 g/mol. The third-order valence-electron chi connectivity index (χ3n) is 3.60. The normalized spacial score (nSPS) is 19.2. The van der Waals surface area contributed by atoms with E-state index < -0.39 is 0 Å². The van der Waals surface area contributed by atoms with Crippen molar-refractivity contribution in [1.82, 2.24) is 10.2 Å². The molecule has 1 aromatic rings. The molecule has 0 aliphatic carbocycles. The lowest BCUT2D eigenvalue weighted by molar-refractivity contribution is 0.109. The van der Waals surface area contributed by atoms with Gasteiger partial charge in [-0.25, -0.2) is 0 Å². The number of nitrogens with zero attached hydrogens (tertiary/aromatic N) is 1. The molecule has 3 heteroatoms. The molecule has 0 bridgehead atoms. The summed E-state index contributed by atoms with van der Waals surface area (Å²) in [6, 6.07) is 8.74. The summed E-state index contributed by atoms with van der Waals surface area (Å²) < 4.78 is 5.59. The third-order valence-corrected chi connectivity index (χ3v) is 3.60. The van der Waals surface area contributed by atoms with Gasteiger partial charge < -0.3 is 15.0 Å². The highest BCUT2D eigenvalue weighted by Crippen LogP contribution is 2.10. The van der Waals surface area contributed by atoms with Gasteiger partial charge in [0.25, 0.3) is 0 Å². The number of nitrogens with one attached hydrogen (secondary N) is 1. The molecule has 1 aromatic carbocycles. The number of aryl methyl sites for hydroxylation is 1. The number of likely N-dealkylation sites (N-methyl/N-ethyl adjacent to an activating group) is 1. The molecule has 2 rings (SSSR count). The fourth-order valence-corrected chi connectivity index (χ4v) is 2.54. The Morgan fingerprint density at radius 1 is 1.42 bits per heavy atom. The molecule has 19 heavy (non-hydrogen) atoms. The van der Waals surface area contributed by atoms with Crippen molar-refractivity contribution in [3.05, 3.63) is 35.4 Å². The molecule has 0 amide bonds. The van der Waals surface area contributed by atoms with E-state index in [1.54, 1.807) is 0 Å². The second-order valence-electron chi connectivity index (χ2n) is 5.57. The van der Waals surface area contributed by atoms with Crippen molar-refractivity contribution in [3.8, 4) is 0 Å². The van der Waals surface area contributed by atoms with Crippen LogP contribution < -0.4 is 5.32 Å². The van der Waals surface area contributed by atoms with E-state index in [1.807, 2.05) is 0 Å². The van der Waals surface area contributed by atoms with E-state index in [1.165, 1.54) is 24.0 Å². The number of benzene rings is 1. The lowest BCUT2D eigenvalue weighted by Gasteiger charge is -2.18. The van der Waals surface area contributed by atoms with Crippen LogP contribution in [0.25, 0.3) is 0 Å². The van der Waals surface area contributed by atoms with Crippen LogP contribution in [-0.2, 0) is 11.3 Å². The first-order valence-electron chi connectivity index (χ1n) is 7.30. The maximum Gasteiger partial charge on any atom is 0.0700 e. The van der Waals surface area contributed by atoms with E-state index in [0.717, 1.165) is 32.8 Å². The van der Waals surface area contributed by atoms with E-state index in [0.29, 0.717) is 6.10 Å². The molecular weight excluding hydrogens is 236 g/mol. The summed E-state index contributed by atoms with van der Waals surface area (Å²) in [5.41, 5.74) is 2.73. The van der Waals surface area contributed by atoms with Gasteiger partial charge in [-0.1, -0.05) is 29.8 Å². The second kappa shape index (κ2) is 7.63. The molecule has 1 saturated heterocycles. The van der Waals surface area contributed by atoms with Crippen LogP contribution >= 0.6 is 0 Å². The van der Waals surface area contributed by atoms with Crippen molar-refractivity contribution in [3.63, 3.8) is 0 Å². The van der Waals surface area contributed by atoms with Crippen molar-refractivity contribution < 1.29 is 4.74 Å². The fraction of sp³-hybridized carbons (Fsp3) is 0.625. The van der Waals surface area contributed by atoms with Crippen molar-refractivity contribution >= 4 is 0 Å². The van der Waals surface area contributed by atoms with Crippen molar-refractivity contribution in [2.75, 3.05) is 33.3 Å². The number of hydrogen-bond donors (Lipinski definition) is 1. The Labute approximate surface area is 116 Å². The zero-order valence-corrected chi connectivity index (χ0v) is 12.2. The minimum absolute atomic E-state index is 0.446. The summed E-state index contributed by atoms with van der Waals surface area (Å²) in [5, 5.41) is 3.49. The van der Waals surface area contributed by atoms with Crippen molar-refractivity contribution in [1.29, 1.82) is 0 Å². The molecule has 1 aliphatic heterocycles. The minimum atomic E-state index is 0.446. The van der Waals surface area contributed by atoms with E-state index >= 15 is 0 Å². The summed E-state index contributed by atoms with van der Waals surface area (Å²) in [5.74, 6) is 0. The topological polar surface area (TPSA) is 24.5 Å². The molecule has 0 saturated carbocycles. The summed E-state index contributed by atoms with van der Waals surface area (Å²) >= 11 is 0. The van der Waals surface area contributed by atoms with E-state index in [-0.39, 0.29) is 0 Å². The molecule has 1 N–H and O–H groups in total. The molecular formula is C16H26N2O. The van der Waals surface area contributed by atoms with Gasteiger partial charge in [-0.2, -0.15) is 0 Å².